The fraction of sp³-hybridized carbons (Fsp3) is 0.667. The Hall–Kier alpha value is -1.09. The van der Waals surface area contributed by atoms with Crippen LogP contribution in [0.1, 0.15) is 51.5 Å². The van der Waals surface area contributed by atoms with Crippen molar-refractivity contribution < 1.29 is 9.13 Å². The molecule has 1 aromatic rings. The zero-order valence-corrected chi connectivity index (χ0v) is 13.1. The maximum atomic E-state index is 13.3. The molecule has 1 atom stereocenters. The molecule has 1 N–H and O–H groups in total. The van der Waals surface area contributed by atoms with Gasteiger partial charge in [-0.15, -0.1) is 0 Å². The lowest BCUT2D eigenvalue weighted by molar-refractivity contribution is 0.122. The summed E-state index contributed by atoms with van der Waals surface area (Å²) in [7, 11) is 0. The van der Waals surface area contributed by atoms with Crippen molar-refractivity contribution in [3.8, 4) is 5.75 Å². The van der Waals surface area contributed by atoms with E-state index in [0.717, 1.165) is 49.6 Å². The average molecular weight is 291 g/mol. The fourth-order valence-corrected chi connectivity index (χ4v) is 3.39. The molecule has 3 heteroatoms. The highest BCUT2D eigenvalue weighted by Crippen LogP contribution is 2.38. The third-order valence-electron chi connectivity index (χ3n) is 5.27. The van der Waals surface area contributed by atoms with Gasteiger partial charge in [0.25, 0.3) is 0 Å². The molecule has 0 radical (unpaired) electrons. The SMILES string of the molecule is CCC(CC)(CNC1CC1)CC1Cc2cc(F)ccc2O1. The molecule has 0 saturated heterocycles. The normalized spacial score (nSPS) is 21.2. The standard InChI is InChI=1S/C18H26FNO/c1-3-18(4-2,12-20-15-6-7-15)11-16-10-13-9-14(19)5-8-17(13)21-16/h5,8-9,15-16,20H,3-4,6-7,10-12H2,1-2H3. The van der Waals surface area contributed by atoms with Crippen LogP contribution < -0.4 is 10.1 Å². The molecule has 0 aromatic heterocycles. The number of rotatable bonds is 7. The molecule has 0 spiro atoms. The van der Waals surface area contributed by atoms with Gasteiger partial charge in [-0.05, 0) is 55.7 Å². The van der Waals surface area contributed by atoms with E-state index in [9.17, 15) is 4.39 Å². The summed E-state index contributed by atoms with van der Waals surface area (Å²) in [5, 5.41) is 3.69. The van der Waals surface area contributed by atoms with Crippen molar-refractivity contribution in [2.24, 2.45) is 5.41 Å². The van der Waals surface area contributed by atoms with Gasteiger partial charge in [-0.3, -0.25) is 0 Å². The van der Waals surface area contributed by atoms with E-state index < -0.39 is 0 Å². The lowest BCUT2D eigenvalue weighted by atomic mass is 9.76. The quantitative estimate of drug-likeness (QED) is 0.817. The van der Waals surface area contributed by atoms with Gasteiger partial charge >= 0.3 is 0 Å². The number of ether oxygens (including phenoxy) is 1. The van der Waals surface area contributed by atoms with Crippen molar-refractivity contribution in [2.75, 3.05) is 6.54 Å². The van der Waals surface area contributed by atoms with Gasteiger partial charge in [0, 0.05) is 24.6 Å². The summed E-state index contributed by atoms with van der Waals surface area (Å²) >= 11 is 0. The van der Waals surface area contributed by atoms with Gasteiger partial charge in [0.15, 0.2) is 0 Å². The second-order valence-corrected chi connectivity index (χ2v) is 6.76. The minimum Gasteiger partial charge on any atom is -0.490 e. The molecule has 1 saturated carbocycles. The number of nitrogens with one attached hydrogen (secondary N) is 1. The number of hydrogen-bond donors (Lipinski definition) is 1. The van der Waals surface area contributed by atoms with Gasteiger partial charge < -0.3 is 10.1 Å². The van der Waals surface area contributed by atoms with Gasteiger partial charge in [0.2, 0.25) is 0 Å². The summed E-state index contributed by atoms with van der Waals surface area (Å²) in [4.78, 5) is 0. The van der Waals surface area contributed by atoms with E-state index in [1.165, 1.54) is 18.9 Å². The van der Waals surface area contributed by atoms with E-state index in [2.05, 4.69) is 19.2 Å². The summed E-state index contributed by atoms with van der Waals surface area (Å²) in [6, 6.07) is 5.63. The molecule has 1 aromatic carbocycles. The van der Waals surface area contributed by atoms with Crippen molar-refractivity contribution in [2.45, 2.75) is 64.5 Å². The summed E-state index contributed by atoms with van der Waals surface area (Å²) in [5.74, 6) is 0.711. The highest BCUT2D eigenvalue weighted by atomic mass is 19.1. The zero-order chi connectivity index (χ0) is 14.9. The lowest BCUT2D eigenvalue weighted by Gasteiger charge is -2.34. The predicted octanol–water partition coefficient (Wildman–Crippen LogP) is 4.08. The minimum absolute atomic E-state index is 0.161. The number of fused-ring (bicyclic) bond motifs is 1. The maximum absolute atomic E-state index is 13.3. The van der Waals surface area contributed by atoms with E-state index in [0.29, 0.717) is 5.41 Å². The van der Waals surface area contributed by atoms with Gasteiger partial charge in [0.1, 0.15) is 17.7 Å². The van der Waals surface area contributed by atoms with Gasteiger partial charge in [-0.1, -0.05) is 13.8 Å². The third kappa shape index (κ3) is 3.39. The van der Waals surface area contributed by atoms with Crippen LogP contribution in [0, 0.1) is 11.2 Å². The molecule has 0 bridgehead atoms. The van der Waals surface area contributed by atoms with Crippen molar-refractivity contribution in [3.63, 3.8) is 0 Å². The number of hydrogen-bond acceptors (Lipinski definition) is 2. The highest BCUT2D eigenvalue weighted by molar-refractivity contribution is 5.37. The largest absolute Gasteiger partial charge is 0.490 e. The monoisotopic (exact) mass is 291 g/mol. The molecule has 1 heterocycles. The van der Waals surface area contributed by atoms with Crippen molar-refractivity contribution in [1.29, 1.82) is 0 Å². The first kappa shape index (κ1) is 14.8. The van der Waals surface area contributed by atoms with E-state index in [1.807, 2.05) is 0 Å². The number of halogens is 1. The van der Waals surface area contributed by atoms with Gasteiger partial charge in [-0.25, -0.2) is 4.39 Å². The zero-order valence-electron chi connectivity index (χ0n) is 13.1. The molecule has 1 unspecified atom stereocenters. The Morgan fingerprint density at radius 1 is 1.29 bits per heavy atom. The Bertz CT molecular complexity index is 494. The third-order valence-corrected chi connectivity index (χ3v) is 5.27. The van der Waals surface area contributed by atoms with Crippen LogP contribution in [0.5, 0.6) is 5.75 Å². The summed E-state index contributed by atoms with van der Waals surface area (Å²) in [5.41, 5.74) is 1.32. The Kier molecular flexibility index (Phi) is 4.21. The highest BCUT2D eigenvalue weighted by Gasteiger charge is 2.35. The molecule has 21 heavy (non-hydrogen) atoms. The molecule has 1 fully saturated rings. The first-order valence-electron chi connectivity index (χ1n) is 8.32. The van der Waals surface area contributed by atoms with Crippen molar-refractivity contribution >= 4 is 0 Å². The Balaban J connectivity index is 1.63. The first-order valence-corrected chi connectivity index (χ1v) is 8.32. The second kappa shape index (κ2) is 5.96. The van der Waals surface area contributed by atoms with Crippen molar-refractivity contribution in [1.82, 2.24) is 5.32 Å². The number of benzene rings is 1. The molecule has 1 aliphatic heterocycles. The van der Waals surface area contributed by atoms with E-state index in [1.54, 1.807) is 12.1 Å². The molecular formula is C18H26FNO. The fourth-order valence-electron chi connectivity index (χ4n) is 3.39. The Labute approximate surface area is 127 Å². The summed E-state index contributed by atoms with van der Waals surface area (Å²) in [6.45, 7) is 5.63. The van der Waals surface area contributed by atoms with Crippen molar-refractivity contribution in [3.05, 3.63) is 29.6 Å². The average Bonchev–Trinajstić information content (AvgIpc) is 3.23. The summed E-state index contributed by atoms with van der Waals surface area (Å²) in [6.07, 6.45) is 7.07. The second-order valence-electron chi connectivity index (χ2n) is 6.76. The molecule has 1 aliphatic carbocycles. The van der Waals surface area contributed by atoms with Crippen LogP contribution in [0.4, 0.5) is 4.39 Å². The van der Waals surface area contributed by atoms with Crippen LogP contribution in [0.25, 0.3) is 0 Å². The van der Waals surface area contributed by atoms with Gasteiger partial charge in [-0.2, -0.15) is 0 Å². The van der Waals surface area contributed by atoms with Crippen LogP contribution in [0.15, 0.2) is 18.2 Å². The molecule has 0 amide bonds. The van der Waals surface area contributed by atoms with Gasteiger partial charge in [0.05, 0.1) is 0 Å². The lowest BCUT2D eigenvalue weighted by Crippen LogP contribution is -2.38. The molecule has 3 rings (SSSR count). The maximum Gasteiger partial charge on any atom is 0.123 e. The van der Waals surface area contributed by atoms with Crippen LogP contribution in [0.2, 0.25) is 0 Å². The summed E-state index contributed by atoms with van der Waals surface area (Å²) < 4.78 is 19.4. The van der Waals surface area contributed by atoms with Crippen LogP contribution in [0.3, 0.4) is 0 Å². The molecule has 2 nitrogen and oxygen atoms in total. The van der Waals surface area contributed by atoms with Crippen LogP contribution >= 0.6 is 0 Å². The minimum atomic E-state index is -0.161. The molecular weight excluding hydrogens is 265 g/mol. The Morgan fingerprint density at radius 3 is 2.71 bits per heavy atom. The molecule has 116 valence electrons. The Morgan fingerprint density at radius 2 is 2.05 bits per heavy atom. The van der Waals surface area contributed by atoms with Crippen LogP contribution in [-0.2, 0) is 6.42 Å². The van der Waals surface area contributed by atoms with E-state index >= 15 is 0 Å². The van der Waals surface area contributed by atoms with Crippen LogP contribution in [-0.4, -0.2) is 18.7 Å². The molecule has 2 aliphatic rings. The topological polar surface area (TPSA) is 21.3 Å². The van der Waals surface area contributed by atoms with E-state index in [4.69, 9.17) is 4.74 Å². The van der Waals surface area contributed by atoms with E-state index in [-0.39, 0.29) is 11.9 Å². The first-order chi connectivity index (χ1) is 10.1. The smallest absolute Gasteiger partial charge is 0.123 e. The predicted molar refractivity (Wildman–Crippen MR) is 83.2 cm³/mol.